The van der Waals surface area contributed by atoms with Crippen molar-refractivity contribution in [1.29, 1.82) is 0 Å². The Balaban J connectivity index is 1.67. The van der Waals surface area contributed by atoms with Crippen molar-refractivity contribution in [3.8, 4) is 17.2 Å². The fourth-order valence-corrected chi connectivity index (χ4v) is 4.49. The fourth-order valence-electron chi connectivity index (χ4n) is 3.36. The molecule has 0 saturated heterocycles. The third-order valence-corrected chi connectivity index (χ3v) is 6.58. The largest absolute Gasteiger partial charge is 0.736 e. The summed E-state index contributed by atoms with van der Waals surface area (Å²) in [4.78, 5) is 12.3. The molecule has 178 valence electrons. The van der Waals surface area contributed by atoms with Crippen LogP contribution in [0.5, 0.6) is 17.2 Å². The molecule has 0 radical (unpaired) electrons. The van der Waals surface area contributed by atoms with Crippen LogP contribution in [0.15, 0.2) is 48.5 Å². The molecule has 2 aromatic rings. The van der Waals surface area contributed by atoms with Gasteiger partial charge in [0.05, 0.1) is 6.61 Å². The van der Waals surface area contributed by atoms with Crippen LogP contribution >= 0.6 is 23.8 Å². The van der Waals surface area contributed by atoms with Gasteiger partial charge >= 0.3 is 7.82 Å². The van der Waals surface area contributed by atoms with Crippen molar-refractivity contribution in [3.05, 3.63) is 54.1 Å². The lowest BCUT2D eigenvalue weighted by Crippen LogP contribution is -2.13. The van der Waals surface area contributed by atoms with E-state index < -0.39 is 7.82 Å². The molecular formula is C25H35BrO5P-. The Hall–Kier alpha value is -1.49. The van der Waals surface area contributed by atoms with E-state index in [9.17, 15) is 9.46 Å². The molecule has 32 heavy (non-hydrogen) atoms. The molecule has 0 heterocycles. The van der Waals surface area contributed by atoms with Gasteiger partial charge < -0.3 is 18.7 Å². The first-order valence-electron chi connectivity index (χ1n) is 11.6. The van der Waals surface area contributed by atoms with Crippen LogP contribution in [0.2, 0.25) is 0 Å². The molecule has 0 fully saturated rings. The molecule has 0 spiro atoms. The number of phosphoric ester groups is 1. The van der Waals surface area contributed by atoms with Crippen molar-refractivity contribution >= 4 is 23.8 Å². The maximum absolute atomic E-state index is 12.3. The van der Waals surface area contributed by atoms with E-state index in [1.54, 1.807) is 42.5 Å². The summed E-state index contributed by atoms with van der Waals surface area (Å²) in [5.41, 5.74) is 0.907. The summed E-state index contributed by atoms with van der Waals surface area (Å²) in [7, 11) is -4.56. The van der Waals surface area contributed by atoms with E-state index in [2.05, 4.69) is 22.9 Å². The van der Waals surface area contributed by atoms with Crippen LogP contribution in [0.25, 0.3) is 0 Å². The number of hydrogen-bond donors (Lipinski definition) is 0. The van der Waals surface area contributed by atoms with Crippen molar-refractivity contribution in [2.45, 2.75) is 76.5 Å². The Kier molecular flexibility index (Phi) is 12.8. The first kappa shape index (κ1) is 26.8. The summed E-state index contributed by atoms with van der Waals surface area (Å²) in [6, 6.07) is 13.4. The van der Waals surface area contributed by atoms with E-state index in [-0.39, 0.29) is 11.5 Å². The summed E-state index contributed by atoms with van der Waals surface area (Å²) in [6.07, 6.45) is 12.7. The zero-order valence-corrected chi connectivity index (χ0v) is 21.5. The van der Waals surface area contributed by atoms with Crippen LogP contribution < -0.4 is 18.7 Å². The van der Waals surface area contributed by atoms with Gasteiger partial charge in [-0.15, -0.1) is 0 Å². The highest BCUT2D eigenvalue weighted by Gasteiger charge is 2.14. The van der Waals surface area contributed by atoms with Crippen molar-refractivity contribution in [2.75, 3.05) is 6.61 Å². The van der Waals surface area contributed by atoms with E-state index in [1.165, 1.54) is 51.4 Å². The molecule has 0 saturated carbocycles. The Morgan fingerprint density at radius 3 is 1.94 bits per heavy atom. The third-order valence-electron chi connectivity index (χ3n) is 5.06. The van der Waals surface area contributed by atoms with Gasteiger partial charge in [-0.3, -0.25) is 0 Å². The van der Waals surface area contributed by atoms with Gasteiger partial charge in [-0.25, -0.2) is 4.57 Å². The molecule has 0 aromatic heterocycles. The van der Waals surface area contributed by atoms with Gasteiger partial charge in [0.15, 0.2) is 0 Å². The predicted molar refractivity (Wildman–Crippen MR) is 132 cm³/mol. The topological polar surface area (TPSA) is 67.8 Å². The van der Waals surface area contributed by atoms with Crippen LogP contribution in [-0.2, 0) is 9.90 Å². The number of halogens is 1. The molecule has 2 rings (SSSR count). The highest BCUT2D eigenvalue weighted by molar-refractivity contribution is 9.08. The minimum Gasteiger partial charge on any atom is -0.736 e. The number of unbranched alkanes of at least 4 members (excludes halogenated alkanes) is 9. The Bertz CT molecular complexity index is 829. The maximum Gasteiger partial charge on any atom is 0.372 e. The second-order valence-corrected chi connectivity index (χ2v) is 9.74. The quantitative estimate of drug-likeness (QED) is 0.120. The monoisotopic (exact) mass is 525 g/mol. The van der Waals surface area contributed by atoms with Crippen LogP contribution in [0.1, 0.15) is 76.7 Å². The SMILES string of the molecule is CCCCCCCCCCCCOc1cccc(OP(=O)([O-])Oc2cccc(CBr)c2)c1. The highest BCUT2D eigenvalue weighted by atomic mass is 79.9. The molecule has 1 atom stereocenters. The Labute approximate surface area is 201 Å². The van der Waals surface area contributed by atoms with E-state index in [0.29, 0.717) is 17.7 Å². The molecular weight excluding hydrogens is 491 g/mol. The number of alkyl halides is 1. The van der Waals surface area contributed by atoms with Crippen LogP contribution in [0.3, 0.4) is 0 Å². The van der Waals surface area contributed by atoms with E-state index in [1.807, 2.05) is 6.07 Å². The number of hydrogen-bond acceptors (Lipinski definition) is 5. The van der Waals surface area contributed by atoms with Crippen molar-refractivity contribution in [1.82, 2.24) is 0 Å². The Morgan fingerprint density at radius 1 is 0.781 bits per heavy atom. The Morgan fingerprint density at radius 2 is 1.31 bits per heavy atom. The summed E-state index contributed by atoms with van der Waals surface area (Å²) in [5, 5.41) is 0.604. The highest BCUT2D eigenvalue weighted by Crippen LogP contribution is 2.41. The molecule has 0 N–H and O–H groups in total. The van der Waals surface area contributed by atoms with Crippen LogP contribution in [-0.4, -0.2) is 6.61 Å². The average Bonchev–Trinajstić information content (AvgIpc) is 2.77. The van der Waals surface area contributed by atoms with Crippen molar-refractivity contribution < 1.29 is 23.2 Å². The lowest BCUT2D eigenvalue weighted by Gasteiger charge is -2.24. The summed E-state index contributed by atoms with van der Waals surface area (Å²) < 4.78 is 28.2. The lowest BCUT2D eigenvalue weighted by molar-refractivity contribution is -0.208. The van der Waals surface area contributed by atoms with Crippen molar-refractivity contribution in [3.63, 3.8) is 0 Å². The minimum absolute atomic E-state index is 0.167. The first-order chi connectivity index (χ1) is 15.5. The van der Waals surface area contributed by atoms with Gasteiger partial charge in [0, 0.05) is 11.4 Å². The number of benzene rings is 2. The third kappa shape index (κ3) is 11.4. The van der Waals surface area contributed by atoms with Gasteiger partial charge in [0.2, 0.25) is 0 Å². The zero-order valence-electron chi connectivity index (χ0n) is 19.0. The van der Waals surface area contributed by atoms with Gasteiger partial charge in [0.1, 0.15) is 17.2 Å². The molecule has 7 heteroatoms. The summed E-state index contributed by atoms with van der Waals surface area (Å²) in [5.74, 6) is 0.967. The maximum atomic E-state index is 12.3. The standard InChI is InChI=1S/C25H36BrO5P/c1-2-3-4-5-6-7-8-9-10-11-18-29-23-15-13-17-25(20-23)31-32(27,28)30-24-16-12-14-22(19-24)21-26/h12-17,19-20H,2-11,18,21H2,1H3,(H,27,28)/p-1. The fraction of sp³-hybridized carbons (Fsp3) is 0.520. The number of ether oxygens (including phenoxy) is 1. The first-order valence-corrected chi connectivity index (χ1v) is 14.2. The number of rotatable bonds is 17. The molecule has 5 nitrogen and oxygen atoms in total. The van der Waals surface area contributed by atoms with Gasteiger partial charge in [-0.05, 0) is 36.2 Å². The van der Waals surface area contributed by atoms with Gasteiger partial charge in [-0.1, -0.05) is 98.8 Å². The molecule has 0 aliphatic heterocycles. The van der Waals surface area contributed by atoms with Crippen LogP contribution in [0.4, 0.5) is 0 Å². The molecule has 2 aromatic carbocycles. The second kappa shape index (κ2) is 15.4. The zero-order chi connectivity index (χ0) is 23.1. The minimum atomic E-state index is -4.56. The van der Waals surface area contributed by atoms with E-state index >= 15 is 0 Å². The lowest BCUT2D eigenvalue weighted by atomic mass is 10.1. The van der Waals surface area contributed by atoms with Gasteiger partial charge in [0.25, 0.3) is 0 Å². The predicted octanol–water partition coefficient (Wildman–Crippen LogP) is 7.81. The smallest absolute Gasteiger partial charge is 0.372 e. The number of phosphoric acid groups is 1. The summed E-state index contributed by atoms with van der Waals surface area (Å²) in [6.45, 7) is 2.85. The molecule has 1 unspecified atom stereocenters. The molecule has 0 bridgehead atoms. The molecule has 0 amide bonds. The normalized spacial score (nSPS) is 12.8. The van der Waals surface area contributed by atoms with Crippen LogP contribution in [0, 0.1) is 0 Å². The molecule has 0 aliphatic rings. The average molecular weight is 526 g/mol. The second-order valence-electron chi connectivity index (χ2n) is 7.92. The van der Waals surface area contributed by atoms with E-state index in [0.717, 1.165) is 18.4 Å². The van der Waals surface area contributed by atoms with Crippen molar-refractivity contribution in [2.24, 2.45) is 0 Å². The van der Waals surface area contributed by atoms with E-state index in [4.69, 9.17) is 13.8 Å². The van der Waals surface area contributed by atoms with Gasteiger partial charge in [-0.2, -0.15) is 0 Å². The molecule has 0 aliphatic carbocycles. The summed E-state index contributed by atoms with van der Waals surface area (Å²) >= 11 is 3.34.